The molecule has 0 unspecified atom stereocenters. The molecule has 0 spiro atoms. The first kappa shape index (κ1) is 20.1. The maximum atomic E-state index is 11.1. The molecular formula is C20H36O. The standard InChI is InChI=1S/C20H36O/c1-3-5-6-7-8-9-10-11-12-13-14-15-16-17-18-19-20(21)4-2/h12-13,16-17H,3-11,14-15,18-19H2,1-2H3. The highest BCUT2D eigenvalue weighted by Crippen LogP contribution is 2.09. The number of unbranched alkanes of at least 4 members (excludes halogenated alkanes) is 8. The minimum absolute atomic E-state index is 0.370. The van der Waals surface area contributed by atoms with E-state index < -0.39 is 0 Å². The molecule has 0 saturated heterocycles. The van der Waals surface area contributed by atoms with Crippen LogP contribution in [0.25, 0.3) is 0 Å². The van der Waals surface area contributed by atoms with Crippen molar-refractivity contribution in [2.75, 3.05) is 0 Å². The van der Waals surface area contributed by atoms with Crippen molar-refractivity contribution < 1.29 is 4.79 Å². The Hall–Kier alpha value is -0.850. The third-order valence-electron chi connectivity index (χ3n) is 3.79. The first-order valence-electron chi connectivity index (χ1n) is 9.13. The van der Waals surface area contributed by atoms with E-state index in [1.165, 1.54) is 51.4 Å². The maximum Gasteiger partial charge on any atom is 0.132 e. The van der Waals surface area contributed by atoms with Crippen LogP contribution in [0.3, 0.4) is 0 Å². The van der Waals surface area contributed by atoms with Gasteiger partial charge in [0.2, 0.25) is 0 Å². The SMILES string of the molecule is CCCCCCCCCC=CCCC=CCCC(=O)CC. The molecule has 0 saturated carbocycles. The molecule has 0 aliphatic rings. The van der Waals surface area contributed by atoms with Gasteiger partial charge in [0.1, 0.15) is 5.78 Å². The van der Waals surface area contributed by atoms with E-state index in [1.54, 1.807) is 0 Å². The van der Waals surface area contributed by atoms with E-state index in [2.05, 4.69) is 31.2 Å². The Morgan fingerprint density at radius 2 is 1.19 bits per heavy atom. The van der Waals surface area contributed by atoms with Gasteiger partial charge in [-0.3, -0.25) is 4.79 Å². The summed E-state index contributed by atoms with van der Waals surface area (Å²) in [5, 5.41) is 0. The Kier molecular flexibility index (Phi) is 16.5. The van der Waals surface area contributed by atoms with Crippen molar-refractivity contribution in [2.45, 2.75) is 97.3 Å². The average molecular weight is 293 g/mol. The van der Waals surface area contributed by atoms with Crippen molar-refractivity contribution in [1.29, 1.82) is 0 Å². The van der Waals surface area contributed by atoms with Crippen molar-refractivity contribution in [3.8, 4) is 0 Å². The van der Waals surface area contributed by atoms with E-state index in [1.807, 2.05) is 6.92 Å². The molecule has 1 nitrogen and oxygen atoms in total. The van der Waals surface area contributed by atoms with E-state index in [0.717, 1.165) is 19.3 Å². The Bertz CT molecular complexity index is 276. The van der Waals surface area contributed by atoms with Gasteiger partial charge in [0.15, 0.2) is 0 Å². The molecule has 0 aromatic rings. The minimum Gasteiger partial charge on any atom is -0.300 e. The summed E-state index contributed by atoms with van der Waals surface area (Å²) < 4.78 is 0. The Labute approximate surface area is 132 Å². The van der Waals surface area contributed by atoms with Gasteiger partial charge >= 0.3 is 0 Å². The van der Waals surface area contributed by atoms with Gasteiger partial charge in [-0.15, -0.1) is 0 Å². The number of Topliss-reactive ketones (excluding diaryl/α,β-unsaturated/α-hetero) is 1. The summed E-state index contributed by atoms with van der Waals surface area (Å²) in [6.07, 6.45) is 24.5. The second-order valence-electron chi connectivity index (χ2n) is 5.86. The predicted octanol–water partition coefficient (Wildman–Crippen LogP) is 6.78. The summed E-state index contributed by atoms with van der Waals surface area (Å²) in [7, 11) is 0. The van der Waals surface area contributed by atoms with Crippen LogP contribution in [0, 0.1) is 0 Å². The highest BCUT2D eigenvalue weighted by Gasteiger charge is 1.93. The molecule has 21 heavy (non-hydrogen) atoms. The molecule has 0 aliphatic heterocycles. The van der Waals surface area contributed by atoms with Crippen LogP contribution in [0.5, 0.6) is 0 Å². The van der Waals surface area contributed by atoms with E-state index >= 15 is 0 Å². The quantitative estimate of drug-likeness (QED) is 0.240. The topological polar surface area (TPSA) is 17.1 Å². The Balaban J connectivity index is 3.22. The Morgan fingerprint density at radius 1 is 0.667 bits per heavy atom. The monoisotopic (exact) mass is 292 g/mol. The molecular weight excluding hydrogens is 256 g/mol. The van der Waals surface area contributed by atoms with Crippen LogP contribution >= 0.6 is 0 Å². The summed E-state index contributed by atoms with van der Waals surface area (Å²) in [4.78, 5) is 11.1. The largest absolute Gasteiger partial charge is 0.300 e. The predicted molar refractivity (Wildman–Crippen MR) is 94.7 cm³/mol. The second-order valence-corrected chi connectivity index (χ2v) is 5.86. The van der Waals surface area contributed by atoms with E-state index in [9.17, 15) is 4.79 Å². The van der Waals surface area contributed by atoms with Gasteiger partial charge in [0, 0.05) is 12.8 Å². The molecule has 1 heteroatoms. The molecule has 0 aliphatic carbocycles. The molecule has 0 N–H and O–H groups in total. The smallest absolute Gasteiger partial charge is 0.132 e. The van der Waals surface area contributed by atoms with Gasteiger partial charge in [-0.1, -0.05) is 76.7 Å². The van der Waals surface area contributed by atoms with Gasteiger partial charge in [-0.25, -0.2) is 0 Å². The fourth-order valence-corrected chi connectivity index (χ4v) is 2.30. The molecule has 0 heterocycles. The van der Waals surface area contributed by atoms with Crippen LogP contribution < -0.4 is 0 Å². The molecule has 0 atom stereocenters. The molecule has 0 rings (SSSR count). The number of hydrogen-bond acceptors (Lipinski definition) is 1. The third-order valence-corrected chi connectivity index (χ3v) is 3.79. The van der Waals surface area contributed by atoms with E-state index in [-0.39, 0.29) is 0 Å². The zero-order valence-corrected chi connectivity index (χ0v) is 14.4. The van der Waals surface area contributed by atoms with E-state index in [0.29, 0.717) is 18.6 Å². The van der Waals surface area contributed by atoms with Gasteiger partial charge in [-0.05, 0) is 32.1 Å². The average Bonchev–Trinajstić information content (AvgIpc) is 2.50. The lowest BCUT2D eigenvalue weighted by Crippen LogP contribution is -1.92. The number of carbonyl (C=O) groups is 1. The Morgan fingerprint density at radius 3 is 1.81 bits per heavy atom. The molecule has 0 radical (unpaired) electrons. The molecule has 0 bridgehead atoms. The summed E-state index contributed by atoms with van der Waals surface area (Å²) in [5.74, 6) is 0.370. The molecule has 0 aromatic heterocycles. The van der Waals surface area contributed by atoms with Crippen LogP contribution in [0.1, 0.15) is 97.3 Å². The van der Waals surface area contributed by atoms with Gasteiger partial charge in [0.25, 0.3) is 0 Å². The lowest BCUT2D eigenvalue weighted by Gasteiger charge is -1.98. The van der Waals surface area contributed by atoms with Gasteiger partial charge in [-0.2, -0.15) is 0 Å². The van der Waals surface area contributed by atoms with E-state index in [4.69, 9.17) is 0 Å². The summed E-state index contributed by atoms with van der Waals surface area (Å²) >= 11 is 0. The third kappa shape index (κ3) is 17.1. The zero-order chi connectivity index (χ0) is 15.6. The molecule has 0 amide bonds. The van der Waals surface area contributed by atoms with Gasteiger partial charge < -0.3 is 0 Å². The fourth-order valence-electron chi connectivity index (χ4n) is 2.30. The minimum atomic E-state index is 0.370. The fraction of sp³-hybridized carbons (Fsp3) is 0.750. The highest BCUT2D eigenvalue weighted by molar-refractivity contribution is 5.78. The summed E-state index contributed by atoms with van der Waals surface area (Å²) in [6, 6.07) is 0. The van der Waals surface area contributed by atoms with Crippen molar-refractivity contribution in [3.63, 3.8) is 0 Å². The van der Waals surface area contributed by atoms with Gasteiger partial charge in [0.05, 0.1) is 0 Å². The highest BCUT2D eigenvalue weighted by atomic mass is 16.1. The second kappa shape index (κ2) is 17.2. The van der Waals surface area contributed by atoms with Crippen molar-refractivity contribution in [3.05, 3.63) is 24.3 Å². The summed E-state index contributed by atoms with van der Waals surface area (Å²) in [5.41, 5.74) is 0. The normalized spacial score (nSPS) is 11.7. The van der Waals surface area contributed by atoms with Crippen molar-refractivity contribution >= 4 is 5.78 Å². The lowest BCUT2D eigenvalue weighted by molar-refractivity contribution is -0.118. The van der Waals surface area contributed by atoms with Crippen LogP contribution in [0.4, 0.5) is 0 Å². The van der Waals surface area contributed by atoms with Crippen molar-refractivity contribution in [1.82, 2.24) is 0 Å². The number of allylic oxidation sites excluding steroid dienone is 4. The van der Waals surface area contributed by atoms with Crippen LogP contribution in [0.15, 0.2) is 24.3 Å². The zero-order valence-electron chi connectivity index (χ0n) is 14.4. The number of carbonyl (C=O) groups excluding carboxylic acids is 1. The molecule has 122 valence electrons. The first-order valence-corrected chi connectivity index (χ1v) is 9.13. The van der Waals surface area contributed by atoms with Crippen molar-refractivity contribution in [2.24, 2.45) is 0 Å². The van der Waals surface area contributed by atoms with Crippen LogP contribution in [0.2, 0.25) is 0 Å². The molecule has 0 aromatic carbocycles. The lowest BCUT2D eigenvalue weighted by atomic mass is 10.1. The first-order chi connectivity index (χ1) is 10.3. The number of ketones is 1. The molecule has 0 fully saturated rings. The maximum absolute atomic E-state index is 11.1. The number of rotatable bonds is 15. The number of hydrogen-bond donors (Lipinski definition) is 0. The van der Waals surface area contributed by atoms with Crippen LogP contribution in [-0.2, 0) is 4.79 Å². The van der Waals surface area contributed by atoms with Crippen LogP contribution in [-0.4, -0.2) is 5.78 Å². The summed E-state index contributed by atoms with van der Waals surface area (Å²) in [6.45, 7) is 4.20.